The Hall–Kier alpha value is -4.06. The molecule has 4 atom stereocenters. The summed E-state index contributed by atoms with van der Waals surface area (Å²) in [5.74, 6) is -2.69. The number of anilines is 1. The highest BCUT2D eigenvalue weighted by atomic mass is 16.3. The quantitative estimate of drug-likeness (QED) is 0.384. The highest BCUT2D eigenvalue weighted by Crippen LogP contribution is 2.55. The van der Waals surface area contributed by atoms with Crippen LogP contribution in [0.5, 0.6) is 5.75 Å². The number of aryl methyl sites for hydroxylation is 1. The summed E-state index contributed by atoms with van der Waals surface area (Å²) in [5.41, 5.74) is 4.65. The summed E-state index contributed by atoms with van der Waals surface area (Å²) >= 11 is 0. The van der Waals surface area contributed by atoms with Crippen molar-refractivity contribution >= 4 is 29.1 Å². The van der Waals surface area contributed by atoms with Gasteiger partial charge in [0.15, 0.2) is 11.6 Å². The van der Waals surface area contributed by atoms with E-state index in [9.17, 15) is 24.3 Å². The van der Waals surface area contributed by atoms with Gasteiger partial charge in [0.05, 0.1) is 17.5 Å². The zero-order valence-electron chi connectivity index (χ0n) is 20.7. The predicted molar refractivity (Wildman–Crippen MR) is 138 cm³/mol. The SMILES string of the molecule is CCc1ccc(N2C(=O)[C@H]3[C@H](CC=C4[C@H](c5ccc(O)cc5)C5=C(C[C@H]43)C(=O)C(C)=CC5=O)C2=O)cc1. The fourth-order valence-electron chi connectivity index (χ4n) is 6.56. The van der Waals surface area contributed by atoms with Gasteiger partial charge in [0.1, 0.15) is 5.75 Å². The van der Waals surface area contributed by atoms with Crippen molar-refractivity contribution < 1.29 is 24.3 Å². The largest absolute Gasteiger partial charge is 0.508 e. The number of aromatic hydroxyl groups is 1. The van der Waals surface area contributed by atoms with Gasteiger partial charge in [-0.1, -0.05) is 42.8 Å². The van der Waals surface area contributed by atoms with Gasteiger partial charge >= 0.3 is 0 Å². The number of rotatable bonds is 3. The van der Waals surface area contributed by atoms with Crippen LogP contribution in [0.25, 0.3) is 0 Å². The molecule has 0 radical (unpaired) electrons. The third kappa shape index (κ3) is 3.46. The smallest absolute Gasteiger partial charge is 0.238 e. The van der Waals surface area contributed by atoms with E-state index in [4.69, 9.17) is 0 Å². The molecule has 4 aliphatic rings. The molecule has 2 aromatic rings. The molecule has 1 aliphatic heterocycles. The summed E-state index contributed by atoms with van der Waals surface area (Å²) in [5, 5.41) is 9.86. The van der Waals surface area contributed by atoms with Crippen molar-refractivity contribution in [3.05, 3.63) is 94.1 Å². The third-order valence-electron chi connectivity index (χ3n) is 8.39. The number of amides is 2. The van der Waals surface area contributed by atoms with Crippen molar-refractivity contribution in [1.29, 1.82) is 0 Å². The van der Waals surface area contributed by atoms with Crippen molar-refractivity contribution in [2.24, 2.45) is 17.8 Å². The van der Waals surface area contributed by atoms with E-state index in [1.807, 2.05) is 37.3 Å². The van der Waals surface area contributed by atoms with Crippen LogP contribution in [0.1, 0.15) is 43.7 Å². The maximum atomic E-state index is 13.9. The number of phenolic OH excluding ortho intramolecular Hbond substituents is 1. The number of hydrogen-bond donors (Lipinski definition) is 1. The number of phenols is 1. The molecule has 6 rings (SSSR count). The zero-order chi connectivity index (χ0) is 26.0. The molecule has 0 spiro atoms. The number of benzene rings is 2. The molecule has 3 aliphatic carbocycles. The summed E-state index contributed by atoms with van der Waals surface area (Å²) in [6.45, 7) is 3.69. The molecule has 0 unspecified atom stereocenters. The van der Waals surface area contributed by atoms with Gasteiger partial charge < -0.3 is 5.11 Å². The zero-order valence-corrected chi connectivity index (χ0v) is 20.7. The summed E-state index contributed by atoms with van der Waals surface area (Å²) in [6, 6.07) is 14.1. The van der Waals surface area contributed by atoms with Crippen molar-refractivity contribution in [3.8, 4) is 5.75 Å². The van der Waals surface area contributed by atoms with Crippen LogP contribution in [-0.2, 0) is 25.6 Å². The summed E-state index contributed by atoms with van der Waals surface area (Å²) in [4.78, 5) is 55.3. The summed E-state index contributed by atoms with van der Waals surface area (Å²) < 4.78 is 0. The minimum atomic E-state index is -0.596. The first-order valence-corrected chi connectivity index (χ1v) is 12.8. The Bertz CT molecular complexity index is 1460. The molecule has 2 amide bonds. The van der Waals surface area contributed by atoms with E-state index in [1.165, 1.54) is 11.0 Å². The van der Waals surface area contributed by atoms with Crippen molar-refractivity contribution in [3.63, 3.8) is 0 Å². The number of carbonyl (C=O) groups excluding carboxylic acids is 4. The molecule has 0 bridgehead atoms. The van der Waals surface area contributed by atoms with Crippen LogP contribution in [-0.4, -0.2) is 28.5 Å². The minimum absolute atomic E-state index is 0.103. The lowest BCUT2D eigenvalue weighted by Gasteiger charge is -2.42. The average Bonchev–Trinajstić information content (AvgIpc) is 3.16. The molecular weight excluding hydrogens is 466 g/mol. The van der Waals surface area contributed by atoms with Gasteiger partial charge in [-0.25, -0.2) is 0 Å². The number of hydrogen-bond acceptors (Lipinski definition) is 5. The number of carbonyl (C=O) groups is 4. The van der Waals surface area contributed by atoms with E-state index in [-0.39, 0.29) is 41.5 Å². The first kappa shape index (κ1) is 23.3. The number of allylic oxidation sites excluding steroid dienone is 6. The highest BCUT2D eigenvalue weighted by molar-refractivity contribution is 6.25. The molecule has 0 aromatic heterocycles. The van der Waals surface area contributed by atoms with Gasteiger partial charge in [-0.2, -0.15) is 0 Å². The maximum absolute atomic E-state index is 13.9. The topological polar surface area (TPSA) is 91.8 Å². The minimum Gasteiger partial charge on any atom is -0.508 e. The molecule has 1 heterocycles. The summed E-state index contributed by atoms with van der Waals surface area (Å²) in [7, 11) is 0. The molecule has 1 N–H and O–H groups in total. The lowest BCUT2D eigenvalue weighted by molar-refractivity contribution is -0.123. The van der Waals surface area contributed by atoms with E-state index >= 15 is 0 Å². The van der Waals surface area contributed by atoms with E-state index in [0.29, 0.717) is 28.8 Å². The molecule has 1 saturated heterocycles. The van der Waals surface area contributed by atoms with Gasteiger partial charge in [0.25, 0.3) is 0 Å². The van der Waals surface area contributed by atoms with Gasteiger partial charge in [-0.05, 0) is 73.6 Å². The number of ketones is 2. The Kier molecular flexibility index (Phi) is 5.37. The second-order valence-electron chi connectivity index (χ2n) is 10.4. The van der Waals surface area contributed by atoms with Crippen LogP contribution < -0.4 is 4.90 Å². The molecule has 1 fully saturated rings. The van der Waals surface area contributed by atoms with Gasteiger partial charge in [-0.3, -0.25) is 24.1 Å². The monoisotopic (exact) mass is 493 g/mol. The van der Waals surface area contributed by atoms with E-state index in [2.05, 4.69) is 0 Å². The van der Waals surface area contributed by atoms with Crippen LogP contribution in [0.2, 0.25) is 0 Å². The Labute approximate surface area is 215 Å². The Balaban J connectivity index is 1.46. The molecule has 2 aromatic carbocycles. The summed E-state index contributed by atoms with van der Waals surface area (Å²) in [6.07, 6.45) is 4.92. The number of nitrogens with zero attached hydrogens (tertiary/aromatic N) is 1. The second kappa shape index (κ2) is 8.51. The van der Waals surface area contributed by atoms with Crippen LogP contribution in [0.3, 0.4) is 0 Å². The molecule has 186 valence electrons. The first-order chi connectivity index (χ1) is 17.8. The molecular formula is C31H27NO5. The molecule has 0 saturated carbocycles. The Morgan fingerprint density at radius 3 is 2.30 bits per heavy atom. The first-order valence-electron chi connectivity index (χ1n) is 12.8. The van der Waals surface area contributed by atoms with E-state index in [1.54, 1.807) is 31.2 Å². The normalized spacial score (nSPS) is 27.0. The predicted octanol–water partition coefficient (Wildman–Crippen LogP) is 4.59. The van der Waals surface area contributed by atoms with Crippen LogP contribution in [0.15, 0.2) is 83.0 Å². The number of fused-ring (bicyclic) bond motifs is 3. The molecule has 37 heavy (non-hydrogen) atoms. The average molecular weight is 494 g/mol. The number of Topliss-reactive ketones (excluding diaryl/α,β-unsaturated/α-hetero) is 1. The fourth-order valence-corrected chi connectivity index (χ4v) is 6.56. The van der Waals surface area contributed by atoms with Crippen molar-refractivity contribution in [1.82, 2.24) is 0 Å². The Morgan fingerprint density at radius 2 is 1.62 bits per heavy atom. The Morgan fingerprint density at radius 1 is 0.919 bits per heavy atom. The van der Waals surface area contributed by atoms with E-state index in [0.717, 1.165) is 23.1 Å². The second-order valence-corrected chi connectivity index (χ2v) is 10.4. The lowest BCUT2D eigenvalue weighted by atomic mass is 9.59. The van der Waals surface area contributed by atoms with Crippen molar-refractivity contribution in [2.45, 2.75) is 39.0 Å². The van der Waals surface area contributed by atoms with Gasteiger partial charge in [0.2, 0.25) is 11.8 Å². The van der Waals surface area contributed by atoms with Crippen LogP contribution in [0, 0.1) is 17.8 Å². The van der Waals surface area contributed by atoms with Crippen LogP contribution in [0.4, 0.5) is 5.69 Å². The highest BCUT2D eigenvalue weighted by Gasteiger charge is 2.56. The van der Waals surface area contributed by atoms with Crippen LogP contribution >= 0.6 is 0 Å². The van der Waals surface area contributed by atoms with Crippen molar-refractivity contribution in [2.75, 3.05) is 4.90 Å². The fraction of sp³-hybridized carbons (Fsp3) is 0.290. The van der Waals surface area contributed by atoms with E-state index < -0.39 is 17.8 Å². The maximum Gasteiger partial charge on any atom is 0.238 e. The molecule has 6 nitrogen and oxygen atoms in total. The van der Waals surface area contributed by atoms with Gasteiger partial charge in [-0.15, -0.1) is 0 Å². The lowest BCUT2D eigenvalue weighted by Crippen LogP contribution is -2.39. The molecule has 6 heteroatoms. The third-order valence-corrected chi connectivity index (χ3v) is 8.39. The standard InChI is InChI=1S/C31H27NO5/c1-3-17-4-8-19(9-5-17)32-30(36)22-13-12-21-23(27(22)31(32)37)15-24-28(25(34)14-16(2)29(24)35)26(21)18-6-10-20(33)11-7-18/h4-12,14,22-23,26-27,33H,3,13,15H2,1-2H3/t22-,23+,26-,27-/m0/s1. The van der Waals surface area contributed by atoms with Gasteiger partial charge in [0, 0.05) is 22.6 Å². The number of imide groups is 1.